The van der Waals surface area contributed by atoms with Gasteiger partial charge in [0.1, 0.15) is 18.0 Å². The van der Waals surface area contributed by atoms with E-state index in [1.54, 1.807) is 14.0 Å². The Hall–Kier alpha value is -1.43. The summed E-state index contributed by atoms with van der Waals surface area (Å²) in [6.45, 7) is 7.08. The molecule has 2 saturated carbocycles. The quantitative estimate of drug-likeness (QED) is 0.714. The summed E-state index contributed by atoms with van der Waals surface area (Å²) in [6, 6.07) is 0. The Labute approximate surface area is 142 Å². The number of hydrogen-bond donors (Lipinski definition) is 0. The second kappa shape index (κ2) is 5.83. The van der Waals surface area contributed by atoms with E-state index in [2.05, 4.69) is 6.92 Å². The third-order valence-electron chi connectivity index (χ3n) is 6.48. The third-order valence-corrected chi connectivity index (χ3v) is 6.48. The number of esters is 2. The molecule has 0 unspecified atom stereocenters. The SMILES string of the molecule is CO[C@H]1CC(=O)[C@]2(C)[C@@H]1[C@H](C)C[C@H]1OC(=O)[C@@H](C)[C@H]1[C@@H]2OC(C)=O. The molecule has 0 bridgehead atoms. The molecule has 0 radical (unpaired) electrons. The number of methoxy groups -OCH3 is 1. The molecule has 24 heavy (non-hydrogen) atoms. The zero-order valence-electron chi connectivity index (χ0n) is 14.9. The molecule has 0 spiro atoms. The summed E-state index contributed by atoms with van der Waals surface area (Å²) < 4.78 is 16.9. The molecule has 0 N–H and O–H groups in total. The topological polar surface area (TPSA) is 78.9 Å². The van der Waals surface area contributed by atoms with Gasteiger partial charge >= 0.3 is 11.9 Å². The van der Waals surface area contributed by atoms with Gasteiger partial charge < -0.3 is 14.2 Å². The number of fused-ring (bicyclic) bond motifs is 2. The van der Waals surface area contributed by atoms with Gasteiger partial charge in [-0.15, -0.1) is 0 Å². The summed E-state index contributed by atoms with van der Waals surface area (Å²) in [4.78, 5) is 36.9. The van der Waals surface area contributed by atoms with Crippen molar-refractivity contribution in [3.8, 4) is 0 Å². The van der Waals surface area contributed by atoms with Crippen LogP contribution in [0.2, 0.25) is 0 Å². The number of ketones is 1. The van der Waals surface area contributed by atoms with Gasteiger partial charge in [-0.05, 0) is 19.3 Å². The Bertz CT molecular complexity index is 572. The Morgan fingerprint density at radius 2 is 1.96 bits per heavy atom. The lowest BCUT2D eigenvalue weighted by atomic mass is 9.66. The van der Waals surface area contributed by atoms with Crippen LogP contribution in [0, 0.1) is 29.1 Å². The van der Waals surface area contributed by atoms with Crippen LogP contribution >= 0.6 is 0 Å². The Morgan fingerprint density at radius 1 is 1.29 bits per heavy atom. The number of carbonyl (C=O) groups excluding carboxylic acids is 3. The van der Waals surface area contributed by atoms with Gasteiger partial charge in [-0.1, -0.05) is 13.8 Å². The zero-order chi connectivity index (χ0) is 17.8. The standard InChI is InChI=1S/C18H26O6/c1-8-6-11-14(9(2)17(21)24-11)16(23-10(3)19)18(4)13(20)7-12(22-5)15(8)18/h8-9,11-12,14-16H,6-7H2,1-5H3/t8-,9+,11-,12+,14-,15-,16+,18-/m1/s1. The highest BCUT2D eigenvalue weighted by molar-refractivity contribution is 5.89. The first kappa shape index (κ1) is 17.4. The predicted octanol–water partition coefficient (Wildman–Crippen LogP) is 1.75. The minimum atomic E-state index is -0.854. The maximum Gasteiger partial charge on any atom is 0.309 e. The molecule has 1 heterocycles. The van der Waals surface area contributed by atoms with Crippen LogP contribution in [0.5, 0.6) is 0 Å². The second-order valence-corrected chi connectivity index (χ2v) is 7.79. The van der Waals surface area contributed by atoms with E-state index in [9.17, 15) is 14.4 Å². The summed E-state index contributed by atoms with van der Waals surface area (Å²) in [5, 5.41) is 0. The molecule has 134 valence electrons. The molecule has 0 aromatic rings. The van der Waals surface area contributed by atoms with Gasteiger partial charge in [0.15, 0.2) is 0 Å². The molecule has 0 aromatic carbocycles. The van der Waals surface area contributed by atoms with Crippen molar-refractivity contribution in [1.82, 2.24) is 0 Å². The average Bonchev–Trinajstić information content (AvgIpc) is 2.89. The second-order valence-electron chi connectivity index (χ2n) is 7.79. The summed E-state index contributed by atoms with van der Waals surface area (Å²) >= 11 is 0. The van der Waals surface area contributed by atoms with E-state index in [1.807, 2.05) is 6.92 Å². The van der Waals surface area contributed by atoms with E-state index in [-0.39, 0.29) is 41.7 Å². The van der Waals surface area contributed by atoms with Gasteiger partial charge in [0.2, 0.25) is 0 Å². The number of carbonyl (C=O) groups is 3. The Morgan fingerprint density at radius 3 is 2.54 bits per heavy atom. The highest BCUT2D eigenvalue weighted by Crippen LogP contribution is 2.57. The Balaban J connectivity index is 2.12. The summed E-state index contributed by atoms with van der Waals surface area (Å²) in [5.41, 5.74) is -0.854. The molecular weight excluding hydrogens is 312 g/mol. The molecule has 0 amide bonds. The summed E-state index contributed by atoms with van der Waals surface area (Å²) in [7, 11) is 1.62. The maximum atomic E-state index is 13.0. The van der Waals surface area contributed by atoms with Crippen molar-refractivity contribution in [2.24, 2.45) is 29.1 Å². The van der Waals surface area contributed by atoms with Gasteiger partial charge in [-0.3, -0.25) is 14.4 Å². The molecule has 1 aliphatic heterocycles. The van der Waals surface area contributed by atoms with Gasteiger partial charge in [0, 0.05) is 32.3 Å². The van der Waals surface area contributed by atoms with E-state index < -0.39 is 23.4 Å². The van der Waals surface area contributed by atoms with Crippen molar-refractivity contribution in [2.75, 3.05) is 7.11 Å². The van der Waals surface area contributed by atoms with Crippen LogP contribution in [0.1, 0.15) is 40.5 Å². The summed E-state index contributed by atoms with van der Waals surface area (Å²) in [6.07, 6.45) is -0.198. The van der Waals surface area contributed by atoms with Crippen molar-refractivity contribution in [3.63, 3.8) is 0 Å². The molecule has 8 atom stereocenters. The first-order valence-corrected chi connectivity index (χ1v) is 8.65. The number of hydrogen-bond acceptors (Lipinski definition) is 6. The van der Waals surface area contributed by atoms with E-state index >= 15 is 0 Å². The molecule has 3 fully saturated rings. The fourth-order valence-corrected chi connectivity index (χ4v) is 5.41. The van der Waals surface area contributed by atoms with E-state index in [0.717, 1.165) is 0 Å². The molecular formula is C18H26O6. The average molecular weight is 338 g/mol. The van der Waals surface area contributed by atoms with Crippen LogP contribution < -0.4 is 0 Å². The third kappa shape index (κ3) is 2.30. The normalized spacial score (nSPS) is 47.6. The van der Waals surface area contributed by atoms with Crippen molar-refractivity contribution in [2.45, 2.75) is 58.8 Å². The number of Topliss-reactive ketones (excluding diaryl/α,β-unsaturated/α-hetero) is 1. The highest BCUT2D eigenvalue weighted by Gasteiger charge is 2.66. The number of ether oxygens (including phenoxy) is 3. The van der Waals surface area contributed by atoms with Crippen molar-refractivity contribution in [3.05, 3.63) is 0 Å². The van der Waals surface area contributed by atoms with Crippen LogP contribution in [0.15, 0.2) is 0 Å². The van der Waals surface area contributed by atoms with Crippen LogP contribution in [0.4, 0.5) is 0 Å². The molecule has 3 aliphatic rings. The molecule has 0 aromatic heterocycles. The van der Waals surface area contributed by atoms with Crippen LogP contribution in [0.25, 0.3) is 0 Å². The van der Waals surface area contributed by atoms with Gasteiger partial charge in [0.25, 0.3) is 0 Å². The fraction of sp³-hybridized carbons (Fsp3) is 0.833. The van der Waals surface area contributed by atoms with Gasteiger partial charge in [0.05, 0.1) is 17.4 Å². The highest BCUT2D eigenvalue weighted by atomic mass is 16.6. The van der Waals surface area contributed by atoms with Crippen LogP contribution in [0.3, 0.4) is 0 Å². The summed E-state index contributed by atoms with van der Waals surface area (Å²) in [5.74, 6) is -1.29. The lowest BCUT2D eigenvalue weighted by Gasteiger charge is -2.41. The van der Waals surface area contributed by atoms with Crippen LogP contribution in [-0.4, -0.2) is 43.1 Å². The van der Waals surface area contributed by atoms with Crippen molar-refractivity contribution in [1.29, 1.82) is 0 Å². The fourth-order valence-electron chi connectivity index (χ4n) is 5.41. The smallest absolute Gasteiger partial charge is 0.309 e. The van der Waals surface area contributed by atoms with E-state index in [1.165, 1.54) is 6.92 Å². The zero-order valence-corrected chi connectivity index (χ0v) is 14.9. The van der Waals surface area contributed by atoms with Crippen molar-refractivity contribution < 1.29 is 28.6 Å². The molecule has 2 aliphatic carbocycles. The minimum Gasteiger partial charge on any atom is -0.462 e. The molecule has 3 rings (SSSR count). The predicted molar refractivity (Wildman–Crippen MR) is 83.9 cm³/mol. The first-order valence-electron chi connectivity index (χ1n) is 8.65. The monoisotopic (exact) mass is 338 g/mol. The van der Waals surface area contributed by atoms with E-state index in [0.29, 0.717) is 12.8 Å². The lowest BCUT2D eigenvalue weighted by molar-refractivity contribution is -0.167. The molecule has 6 nitrogen and oxygen atoms in total. The molecule has 6 heteroatoms. The van der Waals surface area contributed by atoms with Crippen molar-refractivity contribution >= 4 is 17.7 Å². The lowest BCUT2D eigenvalue weighted by Crippen LogP contribution is -2.50. The largest absolute Gasteiger partial charge is 0.462 e. The number of rotatable bonds is 2. The van der Waals surface area contributed by atoms with E-state index in [4.69, 9.17) is 14.2 Å². The minimum absolute atomic E-state index is 0.0460. The van der Waals surface area contributed by atoms with Gasteiger partial charge in [-0.25, -0.2) is 0 Å². The molecule has 1 saturated heterocycles. The van der Waals surface area contributed by atoms with Crippen LogP contribution in [-0.2, 0) is 28.6 Å². The first-order chi connectivity index (χ1) is 11.2. The maximum absolute atomic E-state index is 13.0. The Kier molecular flexibility index (Phi) is 4.22. The van der Waals surface area contributed by atoms with Gasteiger partial charge in [-0.2, -0.15) is 0 Å².